The quantitative estimate of drug-likeness (QED) is 0.321. The second kappa shape index (κ2) is 11.9. The number of nitrogens with one attached hydrogen (secondary N) is 1. The maximum atomic E-state index is 14.0. The zero-order valence-corrected chi connectivity index (χ0v) is 22.6. The highest BCUT2D eigenvalue weighted by molar-refractivity contribution is 7.09. The van der Waals surface area contributed by atoms with Crippen molar-refractivity contribution in [2.24, 2.45) is 0 Å². The van der Waals surface area contributed by atoms with Crippen LogP contribution in [0.3, 0.4) is 0 Å². The maximum Gasteiger partial charge on any atom is 0.247 e. The van der Waals surface area contributed by atoms with Crippen LogP contribution in [0.4, 0.5) is 0 Å². The molecule has 2 atom stereocenters. The van der Waals surface area contributed by atoms with Gasteiger partial charge in [-0.05, 0) is 53.5 Å². The zero-order valence-electron chi connectivity index (χ0n) is 21.7. The Morgan fingerprint density at radius 1 is 1.11 bits per heavy atom. The Hall–Kier alpha value is -3.56. The fourth-order valence-electron chi connectivity index (χ4n) is 4.80. The van der Waals surface area contributed by atoms with Gasteiger partial charge >= 0.3 is 0 Å². The van der Waals surface area contributed by atoms with Crippen LogP contribution in [-0.4, -0.2) is 51.0 Å². The molecule has 0 spiro atoms. The molecule has 1 aliphatic rings. The number of para-hydroxylation sites is 1. The van der Waals surface area contributed by atoms with Crippen molar-refractivity contribution in [3.8, 4) is 0 Å². The molecule has 9 heteroatoms. The highest BCUT2D eigenvalue weighted by Gasteiger charge is 2.33. The van der Waals surface area contributed by atoms with Crippen molar-refractivity contribution in [1.29, 1.82) is 0 Å². The first-order chi connectivity index (χ1) is 18.5. The van der Waals surface area contributed by atoms with Crippen LogP contribution >= 0.6 is 11.3 Å². The van der Waals surface area contributed by atoms with Gasteiger partial charge in [-0.1, -0.05) is 61.5 Å². The Bertz CT molecular complexity index is 1360. The first kappa shape index (κ1) is 26.1. The molecule has 5 rings (SSSR count). The van der Waals surface area contributed by atoms with E-state index in [0.29, 0.717) is 19.0 Å². The first-order valence-corrected chi connectivity index (χ1v) is 14.0. The number of fused-ring (bicyclic) bond motifs is 1. The molecule has 2 aromatic carbocycles. The van der Waals surface area contributed by atoms with E-state index in [1.165, 1.54) is 5.56 Å². The highest BCUT2D eigenvalue weighted by Crippen LogP contribution is 2.28. The van der Waals surface area contributed by atoms with Crippen LogP contribution in [-0.2, 0) is 27.4 Å². The van der Waals surface area contributed by atoms with Crippen molar-refractivity contribution in [3.63, 3.8) is 0 Å². The van der Waals surface area contributed by atoms with E-state index in [0.717, 1.165) is 40.9 Å². The van der Waals surface area contributed by atoms with Crippen molar-refractivity contribution >= 4 is 34.2 Å². The van der Waals surface area contributed by atoms with E-state index in [1.807, 2.05) is 66.0 Å². The van der Waals surface area contributed by atoms with E-state index >= 15 is 0 Å². The summed E-state index contributed by atoms with van der Waals surface area (Å²) in [5.41, 5.74) is 3.45. The number of nitrogens with zero attached hydrogens (tertiary/aromatic N) is 4. The Labute approximate surface area is 226 Å². The lowest BCUT2D eigenvalue weighted by molar-refractivity contribution is -0.142. The van der Waals surface area contributed by atoms with Gasteiger partial charge in [0, 0.05) is 18.0 Å². The third kappa shape index (κ3) is 5.95. The molecule has 3 heterocycles. The van der Waals surface area contributed by atoms with Crippen LogP contribution in [0.5, 0.6) is 0 Å². The summed E-state index contributed by atoms with van der Waals surface area (Å²) in [5.74, 6) is -0.0642. The normalized spacial score (nSPS) is 16.1. The number of thiophene rings is 1. The Morgan fingerprint density at radius 2 is 1.89 bits per heavy atom. The van der Waals surface area contributed by atoms with Crippen molar-refractivity contribution in [2.75, 3.05) is 13.2 Å². The van der Waals surface area contributed by atoms with E-state index in [9.17, 15) is 9.59 Å². The van der Waals surface area contributed by atoms with Gasteiger partial charge in [0.2, 0.25) is 11.8 Å². The third-order valence-corrected chi connectivity index (χ3v) is 7.80. The molecule has 2 amide bonds. The minimum absolute atomic E-state index is 0.00544. The largest absolute Gasteiger partial charge is 0.376 e. The van der Waals surface area contributed by atoms with E-state index in [2.05, 4.69) is 29.5 Å². The summed E-state index contributed by atoms with van der Waals surface area (Å²) >= 11 is 1.56. The van der Waals surface area contributed by atoms with Gasteiger partial charge in [-0.15, -0.1) is 16.4 Å². The smallest absolute Gasteiger partial charge is 0.247 e. The molecule has 4 aromatic rings. The molecule has 0 radical (unpaired) electrons. The van der Waals surface area contributed by atoms with Gasteiger partial charge in [-0.3, -0.25) is 9.59 Å². The minimum atomic E-state index is -0.804. The van der Waals surface area contributed by atoms with Crippen LogP contribution in [0, 0.1) is 0 Å². The Kier molecular flexibility index (Phi) is 8.14. The standard InChI is InChI=1S/C29H33N5O3S/c1-20(2)21-11-13-22(14-12-21)28(29(36)30-17-23-7-5-15-37-23)33(18-24-8-6-16-38-24)27(35)19-34-26-10-4-3-9-25(26)31-32-34/h3-4,6,8-14,16,20,23,28H,5,7,15,17-19H2,1-2H3,(H,30,36)/t23-,28+/m1/s1. The molecule has 0 saturated carbocycles. The van der Waals surface area contributed by atoms with Gasteiger partial charge in [0.05, 0.1) is 18.2 Å². The number of benzene rings is 2. The highest BCUT2D eigenvalue weighted by atomic mass is 32.1. The van der Waals surface area contributed by atoms with Crippen molar-refractivity contribution in [1.82, 2.24) is 25.2 Å². The van der Waals surface area contributed by atoms with Crippen LogP contribution in [0.2, 0.25) is 0 Å². The molecular formula is C29H33N5O3S. The summed E-state index contributed by atoms with van der Waals surface area (Å²) in [6.07, 6.45) is 1.92. The van der Waals surface area contributed by atoms with Crippen LogP contribution in [0.15, 0.2) is 66.0 Å². The van der Waals surface area contributed by atoms with Crippen LogP contribution < -0.4 is 5.32 Å². The predicted molar refractivity (Wildman–Crippen MR) is 148 cm³/mol. The average Bonchev–Trinajstić information content (AvgIpc) is 3.71. The Morgan fingerprint density at radius 3 is 2.61 bits per heavy atom. The number of aromatic nitrogens is 3. The average molecular weight is 532 g/mol. The summed E-state index contributed by atoms with van der Waals surface area (Å²) < 4.78 is 7.32. The molecule has 38 heavy (non-hydrogen) atoms. The van der Waals surface area contributed by atoms with Gasteiger partial charge in [0.15, 0.2) is 0 Å². The topological polar surface area (TPSA) is 89.4 Å². The van der Waals surface area contributed by atoms with Crippen LogP contribution in [0.25, 0.3) is 11.0 Å². The molecule has 1 fully saturated rings. The molecule has 2 aromatic heterocycles. The van der Waals surface area contributed by atoms with Crippen molar-refractivity contribution in [3.05, 3.63) is 82.0 Å². The van der Waals surface area contributed by atoms with E-state index in [1.54, 1.807) is 20.9 Å². The molecule has 8 nitrogen and oxygen atoms in total. The molecule has 0 bridgehead atoms. The Balaban J connectivity index is 1.48. The number of hydrogen-bond donors (Lipinski definition) is 1. The summed E-state index contributed by atoms with van der Waals surface area (Å²) in [5, 5.41) is 13.5. The van der Waals surface area contributed by atoms with Gasteiger partial charge in [-0.25, -0.2) is 4.68 Å². The van der Waals surface area contributed by atoms with E-state index in [4.69, 9.17) is 4.74 Å². The number of amides is 2. The fourth-order valence-corrected chi connectivity index (χ4v) is 5.50. The number of carbonyl (C=O) groups is 2. The van der Waals surface area contributed by atoms with Gasteiger partial charge in [0.1, 0.15) is 18.1 Å². The monoisotopic (exact) mass is 531 g/mol. The lowest BCUT2D eigenvalue weighted by Crippen LogP contribution is -2.46. The molecular weight excluding hydrogens is 498 g/mol. The molecule has 198 valence electrons. The number of carbonyl (C=O) groups excluding carboxylic acids is 2. The molecule has 1 saturated heterocycles. The molecule has 1 N–H and O–H groups in total. The van der Waals surface area contributed by atoms with Crippen molar-refractivity contribution in [2.45, 2.75) is 57.8 Å². The molecule has 0 aliphatic carbocycles. The van der Waals surface area contributed by atoms with E-state index in [-0.39, 0.29) is 24.5 Å². The van der Waals surface area contributed by atoms with Crippen molar-refractivity contribution < 1.29 is 14.3 Å². The summed E-state index contributed by atoms with van der Waals surface area (Å²) in [7, 11) is 0. The van der Waals surface area contributed by atoms with Gasteiger partial charge < -0.3 is 15.0 Å². The van der Waals surface area contributed by atoms with Crippen LogP contribution in [0.1, 0.15) is 54.7 Å². The minimum Gasteiger partial charge on any atom is -0.376 e. The molecule has 1 aliphatic heterocycles. The SMILES string of the molecule is CC(C)c1ccc([C@@H](C(=O)NC[C@H]2CCCO2)N(Cc2cccs2)C(=O)Cn2nnc3ccccc32)cc1. The summed E-state index contributed by atoms with van der Waals surface area (Å²) in [6, 6.07) is 18.7. The second-order valence-corrected chi connectivity index (χ2v) is 11.0. The summed E-state index contributed by atoms with van der Waals surface area (Å²) in [6.45, 7) is 5.70. The number of hydrogen-bond acceptors (Lipinski definition) is 6. The second-order valence-electron chi connectivity index (χ2n) is 9.94. The maximum absolute atomic E-state index is 14.0. The van der Waals surface area contributed by atoms with Gasteiger partial charge in [-0.2, -0.15) is 0 Å². The third-order valence-electron chi connectivity index (χ3n) is 6.94. The number of rotatable bonds is 10. The predicted octanol–water partition coefficient (Wildman–Crippen LogP) is 4.68. The summed E-state index contributed by atoms with van der Waals surface area (Å²) in [4.78, 5) is 30.5. The molecule has 0 unspecified atom stereocenters. The first-order valence-electron chi connectivity index (χ1n) is 13.1. The fraction of sp³-hybridized carbons (Fsp3) is 0.379. The van der Waals surface area contributed by atoms with E-state index < -0.39 is 6.04 Å². The number of ether oxygens (including phenoxy) is 1. The zero-order chi connectivity index (χ0) is 26.5. The lowest BCUT2D eigenvalue weighted by Gasteiger charge is -2.31. The van der Waals surface area contributed by atoms with Gasteiger partial charge in [0.25, 0.3) is 0 Å². The lowest BCUT2D eigenvalue weighted by atomic mass is 9.97.